The van der Waals surface area contributed by atoms with Crippen LogP contribution in [0.3, 0.4) is 0 Å². The van der Waals surface area contributed by atoms with E-state index in [1.165, 1.54) is 22.9 Å². The average molecular weight is 426 g/mol. The average Bonchev–Trinajstić information content (AvgIpc) is 3.15. The number of hydrogen-bond donors (Lipinski definition) is 1. The number of carbonyl (C=O) groups excluding carboxylic acids is 1. The molecule has 0 atom stereocenters. The maximum Gasteiger partial charge on any atom is 0.277 e. The normalized spacial score (nSPS) is 11.4. The summed E-state index contributed by atoms with van der Waals surface area (Å²) in [4.78, 5) is 12.2. The number of aryl methyl sites for hydroxylation is 2. The smallest absolute Gasteiger partial charge is 0.277 e. The fraction of sp³-hybridized carbons (Fsp3) is 0.348. The van der Waals surface area contributed by atoms with Crippen LogP contribution < -0.4 is 10.1 Å². The van der Waals surface area contributed by atoms with Crippen LogP contribution in [-0.4, -0.2) is 21.9 Å². The molecule has 2 aromatic carbocycles. The number of rotatable bonds is 7. The number of hydrogen-bond acceptors (Lipinski definition) is 6. The number of aromatic nitrogens is 2. The summed E-state index contributed by atoms with van der Waals surface area (Å²) in [6.07, 6.45) is 0. The topological polar surface area (TPSA) is 77.2 Å². The number of nitrogens with zero attached hydrogens (tertiary/aromatic N) is 2. The largest absolute Gasteiger partial charge is 0.484 e. The van der Waals surface area contributed by atoms with Crippen molar-refractivity contribution in [1.29, 1.82) is 0 Å². The Kier molecular flexibility index (Phi) is 6.82. The van der Waals surface area contributed by atoms with Crippen molar-refractivity contribution >= 4 is 23.4 Å². The molecule has 0 radical (unpaired) electrons. The summed E-state index contributed by atoms with van der Waals surface area (Å²) < 4.78 is 11.3. The minimum atomic E-state index is -0.127. The van der Waals surface area contributed by atoms with Crippen LogP contribution in [0.25, 0.3) is 0 Å². The van der Waals surface area contributed by atoms with Crippen LogP contribution in [0.5, 0.6) is 5.75 Å². The van der Waals surface area contributed by atoms with Crippen LogP contribution in [0.2, 0.25) is 0 Å². The number of amides is 1. The number of benzene rings is 2. The number of anilines is 1. The maximum absolute atomic E-state index is 12.2. The van der Waals surface area contributed by atoms with Crippen molar-refractivity contribution < 1.29 is 13.9 Å². The van der Waals surface area contributed by atoms with Crippen LogP contribution >= 0.6 is 11.8 Å². The van der Waals surface area contributed by atoms with Gasteiger partial charge in [0.1, 0.15) is 5.75 Å². The van der Waals surface area contributed by atoms with E-state index in [4.69, 9.17) is 9.15 Å². The van der Waals surface area contributed by atoms with Gasteiger partial charge in [-0.15, -0.1) is 10.2 Å². The molecule has 1 heterocycles. The van der Waals surface area contributed by atoms with E-state index in [1.807, 2.05) is 44.2 Å². The molecule has 0 spiro atoms. The van der Waals surface area contributed by atoms with Crippen LogP contribution in [0, 0.1) is 13.8 Å². The number of ether oxygens (including phenoxy) is 1. The van der Waals surface area contributed by atoms with Crippen LogP contribution in [0.1, 0.15) is 43.4 Å². The van der Waals surface area contributed by atoms with Gasteiger partial charge in [0.15, 0.2) is 6.61 Å². The molecule has 1 N–H and O–H groups in total. The van der Waals surface area contributed by atoms with E-state index in [1.54, 1.807) is 0 Å². The third-order valence-electron chi connectivity index (χ3n) is 4.65. The molecule has 6 nitrogen and oxygen atoms in total. The molecule has 0 aliphatic heterocycles. The second-order valence-corrected chi connectivity index (χ2v) is 9.09. The Hall–Kier alpha value is -2.80. The van der Waals surface area contributed by atoms with Gasteiger partial charge in [-0.2, -0.15) is 0 Å². The van der Waals surface area contributed by atoms with Gasteiger partial charge in [-0.1, -0.05) is 50.7 Å². The Morgan fingerprint density at radius 3 is 2.47 bits per heavy atom. The molecule has 7 heteroatoms. The highest BCUT2D eigenvalue weighted by molar-refractivity contribution is 7.99. The molecular formula is C23H27N3O3S. The Morgan fingerprint density at radius 2 is 1.80 bits per heavy atom. The van der Waals surface area contributed by atoms with E-state index in [-0.39, 0.29) is 23.7 Å². The summed E-state index contributed by atoms with van der Waals surface area (Å²) in [5.74, 6) is 1.16. The molecule has 3 aromatic rings. The second kappa shape index (κ2) is 9.34. The predicted octanol–water partition coefficient (Wildman–Crippen LogP) is 5.29. The van der Waals surface area contributed by atoms with E-state index >= 15 is 0 Å². The lowest BCUT2D eigenvalue weighted by Gasteiger charge is -2.19. The Balaban J connectivity index is 1.46. The SMILES string of the molecule is Cc1ccc(NC(=O)CSc2nnc(COc3ccc(C(C)(C)C)cc3)o2)cc1C. The van der Waals surface area contributed by atoms with E-state index in [2.05, 4.69) is 48.4 Å². The lowest BCUT2D eigenvalue weighted by molar-refractivity contribution is -0.113. The second-order valence-electron chi connectivity index (χ2n) is 8.16. The van der Waals surface area contributed by atoms with Gasteiger partial charge in [0.05, 0.1) is 5.75 Å². The lowest BCUT2D eigenvalue weighted by Crippen LogP contribution is -2.14. The quantitative estimate of drug-likeness (QED) is 0.518. The molecule has 158 valence electrons. The molecule has 0 unspecified atom stereocenters. The molecule has 3 rings (SSSR count). The Morgan fingerprint density at radius 1 is 1.07 bits per heavy atom. The third-order valence-corrected chi connectivity index (χ3v) is 5.47. The first kappa shape index (κ1) is 21.9. The van der Waals surface area contributed by atoms with Crippen molar-refractivity contribution in [3.05, 3.63) is 65.0 Å². The zero-order valence-electron chi connectivity index (χ0n) is 18.0. The van der Waals surface area contributed by atoms with E-state index < -0.39 is 0 Å². The van der Waals surface area contributed by atoms with E-state index in [0.29, 0.717) is 11.1 Å². The molecule has 0 saturated carbocycles. The van der Waals surface area contributed by atoms with Crippen LogP contribution in [-0.2, 0) is 16.8 Å². The summed E-state index contributed by atoms with van der Waals surface area (Å²) in [6.45, 7) is 10.7. The van der Waals surface area contributed by atoms with Crippen molar-refractivity contribution in [1.82, 2.24) is 10.2 Å². The Labute approximate surface area is 181 Å². The first-order valence-corrected chi connectivity index (χ1v) is 10.7. The van der Waals surface area contributed by atoms with Crippen LogP contribution in [0.15, 0.2) is 52.1 Å². The van der Waals surface area contributed by atoms with E-state index in [9.17, 15) is 4.79 Å². The molecule has 0 bridgehead atoms. The zero-order valence-corrected chi connectivity index (χ0v) is 18.8. The molecule has 30 heavy (non-hydrogen) atoms. The monoisotopic (exact) mass is 425 g/mol. The lowest BCUT2D eigenvalue weighted by atomic mass is 9.87. The van der Waals surface area contributed by atoms with Gasteiger partial charge in [0.25, 0.3) is 11.1 Å². The molecule has 1 amide bonds. The summed E-state index contributed by atoms with van der Waals surface area (Å²) >= 11 is 1.19. The first-order valence-electron chi connectivity index (χ1n) is 9.76. The molecule has 0 aliphatic rings. The summed E-state index contributed by atoms with van der Waals surface area (Å²) in [6, 6.07) is 13.8. The van der Waals surface area contributed by atoms with E-state index in [0.717, 1.165) is 17.0 Å². The highest BCUT2D eigenvalue weighted by Crippen LogP contribution is 2.25. The van der Waals surface area contributed by atoms with Crippen molar-refractivity contribution in [2.75, 3.05) is 11.1 Å². The van der Waals surface area contributed by atoms with Gasteiger partial charge in [-0.05, 0) is 60.2 Å². The highest BCUT2D eigenvalue weighted by Gasteiger charge is 2.14. The number of carbonyl (C=O) groups is 1. The van der Waals surface area contributed by atoms with Crippen molar-refractivity contribution in [3.8, 4) is 5.75 Å². The predicted molar refractivity (Wildman–Crippen MR) is 119 cm³/mol. The summed E-state index contributed by atoms with van der Waals surface area (Å²) in [7, 11) is 0. The molecule has 0 fully saturated rings. The molecule has 0 aliphatic carbocycles. The number of nitrogens with one attached hydrogen (secondary N) is 1. The molecular weight excluding hydrogens is 398 g/mol. The fourth-order valence-electron chi connectivity index (χ4n) is 2.69. The Bertz CT molecular complexity index is 1010. The minimum absolute atomic E-state index is 0.0989. The zero-order chi connectivity index (χ0) is 21.7. The van der Waals surface area contributed by atoms with Gasteiger partial charge < -0.3 is 14.5 Å². The summed E-state index contributed by atoms with van der Waals surface area (Å²) in [5.41, 5.74) is 4.44. The van der Waals surface area contributed by atoms with Crippen LogP contribution in [0.4, 0.5) is 5.69 Å². The number of thioether (sulfide) groups is 1. The molecule has 1 aromatic heterocycles. The van der Waals surface area contributed by atoms with Crippen molar-refractivity contribution in [2.45, 2.75) is 51.9 Å². The van der Waals surface area contributed by atoms with Gasteiger partial charge in [-0.25, -0.2) is 0 Å². The van der Waals surface area contributed by atoms with Crippen molar-refractivity contribution in [2.24, 2.45) is 0 Å². The first-order chi connectivity index (χ1) is 14.2. The minimum Gasteiger partial charge on any atom is -0.484 e. The maximum atomic E-state index is 12.2. The van der Waals surface area contributed by atoms with Crippen molar-refractivity contribution in [3.63, 3.8) is 0 Å². The highest BCUT2D eigenvalue weighted by atomic mass is 32.2. The third kappa shape index (κ3) is 6.10. The van der Waals surface area contributed by atoms with Gasteiger partial charge in [0, 0.05) is 5.69 Å². The summed E-state index contributed by atoms with van der Waals surface area (Å²) in [5, 5.41) is 11.2. The van der Waals surface area contributed by atoms with Gasteiger partial charge >= 0.3 is 0 Å². The van der Waals surface area contributed by atoms with Gasteiger partial charge in [-0.3, -0.25) is 4.79 Å². The fourth-order valence-corrected chi connectivity index (χ4v) is 3.28. The molecule has 0 saturated heterocycles. The van der Waals surface area contributed by atoms with Gasteiger partial charge in [0.2, 0.25) is 5.91 Å². The standard InChI is InChI=1S/C23H27N3O3S/c1-15-6-9-18(12-16(15)2)24-20(27)14-30-22-26-25-21(29-22)13-28-19-10-7-17(8-11-19)23(3,4)5/h6-12H,13-14H2,1-5H3,(H,24,27).